The van der Waals surface area contributed by atoms with Crippen molar-refractivity contribution in [1.82, 2.24) is 9.88 Å². The summed E-state index contributed by atoms with van der Waals surface area (Å²) in [5.41, 5.74) is 1.37. The van der Waals surface area contributed by atoms with E-state index in [0.29, 0.717) is 5.13 Å². The van der Waals surface area contributed by atoms with Gasteiger partial charge < -0.3 is 15.0 Å². The second-order valence-electron chi connectivity index (χ2n) is 6.05. The third-order valence-corrected chi connectivity index (χ3v) is 5.02. The van der Waals surface area contributed by atoms with Gasteiger partial charge in [-0.05, 0) is 26.1 Å². The van der Waals surface area contributed by atoms with Crippen molar-refractivity contribution in [3.05, 3.63) is 40.4 Å². The number of esters is 1. The summed E-state index contributed by atoms with van der Waals surface area (Å²) in [5, 5.41) is 5.38. The fraction of sp³-hybridized carbons (Fsp3) is 0.333. The maximum absolute atomic E-state index is 12.2. The lowest BCUT2D eigenvalue weighted by Gasteiger charge is -2.20. The quantitative estimate of drug-likeness (QED) is 0.613. The Labute approximate surface area is 160 Å². The summed E-state index contributed by atoms with van der Waals surface area (Å²) < 4.78 is 4.96. The summed E-state index contributed by atoms with van der Waals surface area (Å²) in [6, 6.07) is 6.37. The summed E-state index contributed by atoms with van der Waals surface area (Å²) >= 11 is 1.37. The van der Waals surface area contributed by atoms with Crippen LogP contribution in [0.25, 0.3) is 0 Å². The van der Waals surface area contributed by atoms with Gasteiger partial charge in [0.25, 0.3) is 0 Å². The first-order valence-electron chi connectivity index (χ1n) is 8.53. The minimum atomic E-state index is -0.878. The molecule has 142 valence electrons. The van der Waals surface area contributed by atoms with Crippen LogP contribution in [0.5, 0.6) is 0 Å². The van der Waals surface area contributed by atoms with Crippen molar-refractivity contribution >= 4 is 39.9 Å². The molecule has 2 N–H and O–H groups in total. The van der Waals surface area contributed by atoms with Gasteiger partial charge >= 0.3 is 17.8 Å². The van der Waals surface area contributed by atoms with Crippen LogP contribution in [0.2, 0.25) is 0 Å². The number of fused-ring (bicyclic) bond motifs is 1. The lowest BCUT2D eigenvalue weighted by Crippen LogP contribution is -2.29. The number of carbonyl (C=O) groups is 3. The van der Waals surface area contributed by atoms with Crippen molar-refractivity contribution in [3.8, 4) is 0 Å². The second-order valence-corrected chi connectivity index (χ2v) is 7.13. The Morgan fingerprint density at radius 1 is 1.22 bits per heavy atom. The van der Waals surface area contributed by atoms with E-state index in [4.69, 9.17) is 4.74 Å². The smallest absolute Gasteiger partial charge is 0.340 e. The Morgan fingerprint density at radius 3 is 2.74 bits per heavy atom. The fourth-order valence-electron chi connectivity index (χ4n) is 2.69. The number of thiazole rings is 1. The molecule has 0 aliphatic carbocycles. The van der Waals surface area contributed by atoms with Crippen LogP contribution < -0.4 is 10.6 Å². The third kappa shape index (κ3) is 4.50. The molecule has 0 atom stereocenters. The number of carbonyl (C=O) groups excluding carboxylic acids is 3. The number of para-hydroxylation sites is 1. The van der Waals surface area contributed by atoms with Crippen molar-refractivity contribution in [2.45, 2.75) is 19.9 Å². The molecule has 0 unspecified atom stereocenters. The zero-order valence-electron chi connectivity index (χ0n) is 15.1. The molecular weight excluding hydrogens is 368 g/mol. The molecule has 27 heavy (non-hydrogen) atoms. The van der Waals surface area contributed by atoms with E-state index in [2.05, 4.69) is 20.5 Å². The van der Waals surface area contributed by atoms with E-state index in [-0.39, 0.29) is 17.9 Å². The first-order valence-corrected chi connectivity index (χ1v) is 9.35. The number of nitrogens with one attached hydrogen (secondary N) is 2. The van der Waals surface area contributed by atoms with Crippen LogP contribution in [0.1, 0.15) is 27.9 Å². The largest absolute Gasteiger partial charge is 0.462 e. The van der Waals surface area contributed by atoms with Gasteiger partial charge in [0, 0.05) is 24.4 Å². The molecule has 1 aliphatic heterocycles. The Bertz CT molecular complexity index is 880. The molecule has 9 heteroatoms. The molecule has 2 amide bonds. The van der Waals surface area contributed by atoms with Crippen LogP contribution in [-0.4, -0.2) is 47.9 Å². The van der Waals surface area contributed by atoms with Gasteiger partial charge in [0.2, 0.25) is 0 Å². The molecule has 0 radical (unpaired) electrons. The molecule has 0 bridgehead atoms. The maximum atomic E-state index is 12.2. The van der Waals surface area contributed by atoms with E-state index < -0.39 is 17.8 Å². The van der Waals surface area contributed by atoms with Gasteiger partial charge in [-0.1, -0.05) is 12.1 Å². The molecule has 0 saturated carbocycles. The second kappa shape index (κ2) is 8.28. The monoisotopic (exact) mass is 388 g/mol. The van der Waals surface area contributed by atoms with Crippen LogP contribution in [0, 0.1) is 0 Å². The third-order valence-electron chi connectivity index (χ3n) is 4.02. The lowest BCUT2D eigenvalue weighted by molar-refractivity contribution is -0.133. The normalized spacial score (nSPS) is 13.6. The number of hydrogen-bond donors (Lipinski definition) is 2. The van der Waals surface area contributed by atoms with E-state index in [1.165, 1.54) is 23.5 Å². The zero-order valence-corrected chi connectivity index (χ0v) is 15.9. The number of rotatable bonds is 4. The van der Waals surface area contributed by atoms with Crippen LogP contribution in [0.4, 0.5) is 10.8 Å². The van der Waals surface area contributed by atoms with Crippen molar-refractivity contribution in [3.63, 3.8) is 0 Å². The first kappa shape index (κ1) is 19.0. The van der Waals surface area contributed by atoms with E-state index in [1.54, 1.807) is 19.1 Å². The standard InChI is InChI=1S/C18H20N4O4S/c1-3-26-17(25)11-6-4-5-7-12(11)19-15(23)16(24)21-18-20-13-8-9-22(2)10-14(13)27-18/h4-7H,3,8-10H2,1-2H3,(H,19,23)(H,20,21,24). The summed E-state index contributed by atoms with van der Waals surface area (Å²) in [5.74, 6) is -2.28. The van der Waals surface area contributed by atoms with Gasteiger partial charge in [0.15, 0.2) is 5.13 Å². The Morgan fingerprint density at radius 2 is 1.96 bits per heavy atom. The molecule has 1 aromatic heterocycles. The topological polar surface area (TPSA) is 101 Å². The summed E-state index contributed by atoms with van der Waals surface area (Å²) in [7, 11) is 2.02. The molecular formula is C18H20N4O4S. The summed E-state index contributed by atoms with van der Waals surface area (Å²) in [6.45, 7) is 3.60. The number of nitrogens with zero attached hydrogens (tertiary/aromatic N) is 2. The van der Waals surface area contributed by atoms with Gasteiger partial charge in [-0.25, -0.2) is 9.78 Å². The Hall–Kier alpha value is -2.78. The minimum Gasteiger partial charge on any atom is -0.462 e. The van der Waals surface area contributed by atoms with Crippen molar-refractivity contribution < 1.29 is 19.1 Å². The van der Waals surface area contributed by atoms with E-state index in [1.807, 2.05) is 7.05 Å². The number of ether oxygens (including phenoxy) is 1. The predicted octanol–water partition coefficient (Wildman–Crippen LogP) is 1.88. The summed E-state index contributed by atoms with van der Waals surface area (Å²) in [4.78, 5) is 44.1. The SMILES string of the molecule is CCOC(=O)c1ccccc1NC(=O)C(=O)Nc1nc2c(s1)CN(C)CC2. The minimum absolute atomic E-state index is 0.188. The van der Waals surface area contributed by atoms with Crippen LogP contribution in [0.15, 0.2) is 24.3 Å². The van der Waals surface area contributed by atoms with Crippen LogP contribution >= 0.6 is 11.3 Å². The predicted molar refractivity (Wildman–Crippen MR) is 102 cm³/mol. The first-order chi connectivity index (χ1) is 13.0. The molecule has 0 fully saturated rings. The van der Waals surface area contributed by atoms with Gasteiger partial charge in [0.1, 0.15) is 0 Å². The molecule has 0 spiro atoms. The fourth-order valence-corrected chi connectivity index (χ4v) is 3.77. The van der Waals surface area contributed by atoms with Crippen LogP contribution in [0.3, 0.4) is 0 Å². The number of amides is 2. The van der Waals surface area contributed by atoms with E-state index in [0.717, 1.165) is 30.1 Å². The van der Waals surface area contributed by atoms with Crippen molar-refractivity contribution in [1.29, 1.82) is 0 Å². The van der Waals surface area contributed by atoms with Crippen molar-refractivity contribution in [2.75, 3.05) is 30.8 Å². The molecule has 1 aliphatic rings. The number of hydrogen-bond acceptors (Lipinski definition) is 7. The molecule has 0 saturated heterocycles. The number of benzene rings is 1. The average molecular weight is 388 g/mol. The lowest BCUT2D eigenvalue weighted by atomic mass is 10.2. The highest BCUT2D eigenvalue weighted by Gasteiger charge is 2.22. The number of likely N-dealkylation sites (N-methyl/N-ethyl adjacent to an activating group) is 1. The Balaban J connectivity index is 1.67. The number of anilines is 2. The average Bonchev–Trinajstić information content (AvgIpc) is 3.03. The van der Waals surface area contributed by atoms with Crippen molar-refractivity contribution in [2.24, 2.45) is 0 Å². The van der Waals surface area contributed by atoms with E-state index >= 15 is 0 Å². The van der Waals surface area contributed by atoms with E-state index in [9.17, 15) is 14.4 Å². The van der Waals surface area contributed by atoms with Gasteiger partial charge in [-0.15, -0.1) is 11.3 Å². The van der Waals surface area contributed by atoms with Crippen LogP contribution in [-0.2, 0) is 27.3 Å². The molecule has 3 rings (SSSR count). The zero-order chi connectivity index (χ0) is 19.4. The molecule has 2 aromatic rings. The Kier molecular flexibility index (Phi) is 5.82. The van der Waals surface area contributed by atoms with Gasteiger partial charge in [0.05, 0.1) is 23.6 Å². The number of aromatic nitrogens is 1. The highest BCUT2D eigenvalue weighted by Crippen LogP contribution is 2.27. The molecule has 1 aromatic carbocycles. The molecule has 2 heterocycles. The highest BCUT2D eigenvalue weighted by atomic mass is 32.1. The molecule has 8 nitrogen and oxygen atoms in total. The summed E-state index contributed by atoms with van der Waals surface area (Å²) in [6.07, 6.45) is 0.817. The van der Waals surface area contributed by atoms with Gasteiger partial charge in [-0.2, -0.15) is 0 Å². The maximum Gasteiger partial charge on any atom is 0.340 e. The van der Waals surface area contributed by atoms with Gasteiger partial charge in [-0.3, -0.25) is 14.9 Å². The highest BCUT2D eigenvalue weighted by molar-refractivity contribution is 7.16.